The predicted molar refractivity (Wildman–Crippen MR) is 93.5 cm³/mol. The highest BCUT2D eigenvalue weighted by molar-refractivity contribution is 5.03. The molecule has 0 spiro atoms. The lowest BCUT2D eigenvalue weighted by atomic mass is 10.3. The number of pyridine rings is 2. The van der Waals surface area contributed by atoms with Gasteiger partial charge in [-0.1, -0.05) is 12.1 Å². The van der Waals surface area contributed by atoms with E-state index in [-0.39, 0.29) is 0 Å². The summed E-state index contributed by atoms with van der Waals surface area (Å²) in [4.78, 5) is 8.50. The zero-order valence-electron chi connectivity index (χ0n) is 14.0. The van der Waals surface area contributed by atoms with Crippen molar-refractivity contribution in [2.45, 2.75) is 13.1 Å². The highest BCUT2D eigenvalue weighted by Crippen LogP contribution is 1.92. The average molecular weight is 330 g/mol. The maximum Gasteiger partial charge on any atom is 0.0701 e. The molecule has 6 nitrogen and oxygen atoms in total. The summed E-state index contributed by atoms with van der Waals surface area (Å²) in [6.45, 7) is 5.73. The summed E-state index contributed by atoms with van der Waals surface area (Å²) in [5.74, 6) is 0. The van der Waals surface area contributed by atoms with Crippen LogP contribution >= 0.6 is 0 Å². The van der Waals surface area contributed by atoms with E-state index in [0.717, 1.165) is 37.6 Å². The van der Waals surface area contributed by atoms with Crippen LogP contribution in [0.3, 0.4) is 0 Å². The first-order valence-electron chi connectivity index (χ1n) is 8.32. The third-order valence-electron chi connectivity index (χ3n) is 3.28. The standard InChI is InChI=1S/C18H26N4O2/c1-3-7-21-17(5-1)15-19-9-11-23-13-14-24-12-10-20-16-18-6-2-4-8-22-18/h1-8,19-20H,9-16H2. The second kappa shape index (κ2) is 12.5. The largest absolute Gasteiger partial charge is 0.378 e. The van der Waals surface area contributed by atoms with Crippen molar-refractivity contribution >= 4 is 0 Å². The van der Waals surface area contributed by atoms with Crippen LogP contribution in [0.1, 0.15) is 11.4 Å². The van der Waals surface area contributed by atoms with E-state index in [9.17, 15) is 0 Å². The van der Waals surface area contributed by atoms with E-state index >= 15 is 0 Å². The lowest BCUT2D eigenvalue weighted by molar-refractivity contribution is 0.0497. The molecule has 0 radical (unpaired) electrons. The van der Waals surface area contributed by atoms with Gasteiger partial charge in [0, 0.05) is 38.6 Å². The Bertz CT molecular complexity index is 476. The van der Waals surface area contributed by atoms with Crippen molar-refractivity contribution < 1.29 is 9.47 Å². The van der Waals surface area contributed by atoms with Crippen LogP contribution in [0.25, 0.3) is 0 Å². The minimum absolute atomic E-state index is 0.617. The Labute approximate surface area is 143 Å². The zero-order valence-corrected chi connectivity index (χ0v) is 14.0. The van der Waals surface area contributed by atoms with Crippen LogP contribution in [0.15, 0.2) is 48.8 Å². The van der Waals surface area contributed by atoms with Crippen LogP contribution in [0.4, 0.5) is 0 Å². The van der Waals surface area contributed by atoms with E-state index in [2.05, 4.69) is 20.6 Å². The SMILES string of the molecule is c1ccc(CNCCOCCOCCNCc2ccccn2)nc1. The minimum Gasteiger partial charge on any atom is -0.378 e. The van der Waals surface area contributed by atoms with E-state index in [1.807, 2.05) is 36.4 Å². The number of nitrogens with zero attached hydrogens (tertiary/aromatic N) is 2. The van der Waals surface area contributed by atoms with Crippen molar-refractivity contribution in [2.75, 3.05) is 39.5 Å². The molecule has 130 valence electrons. The molecule has 0 aliphatic carbocycles. The Hall–Kier alpha value is -1.86. The number of nitrogens with one attached hydrogen (secondary N) is 2. The van der Waals surface area contributed by atoms with E-state index in [4.69, 9.17) is 9.47 Å². The third-order valence-corrected chi connectivity index (χ3v) is 3.28. The molecule has 0 aromatic carbocycles. The highest BCUT2D eigenvalue weighted by atomic mass is 16.5. The fraction of sp³-hybridized carbons (Fsp3) is 0.444. The van der Waals surface area contributed by atoms with Crippen LogP contribution in [0, 0.1) is 0 Å². The highest BCUT2D eigenvalue weighted by Gasteiger charge is 1.94. The van der Waals surface area contributed by atoms with Crippen LogP contribution in [-0.2, 0) is 22.6 Å². The number of hydrogen-bond donors (Lipinski definition) is 2. The van der Waals surface area contributed by atoms with E-state index < -0.39 is 0 Å². The molecule has 0 bridgehead atoms. The molecule has 0 saturated carbocycles. The van der Waals surface area contributed by atoms with Crippen molar-refractivity contribution in [1.82, 2.24) is 20.6 Å². The molecule has 0 fully saturated rings. The van der Waals surface area contributed by atoms with Crippen molar-refractivity contribution in [3.8, 4) is 0 Å². The first-order valence-corrected chi connectivity index (χ1v) is 8.32. The van der Waals surface area contributed by atoms with Gasteiger partial charge in [0.15, 0.2) is 0 Å². The van der Waals surface area contributed by atoms with Gasteiger partial charge in [-0.3, -0.25) is 9.97 Å². The molecule has 24 heavy (non-hydrogen) atoms. The summed E-state index contributed by atoms with van der Waals surface area (Å²) in [5, 5.41) is 6.58. The van der Waals surface area contributed by atoms with Crippen LogP contribution < -0.4 is 10.6 Å². The molecule has 2 aromatic heterocycles. The lowest BCUT2D eigenvalue weighted by Gasteiger charge is -2.07. The van der Waals surface area contributed by atoms with Gasteiger partial charge in [-0.15, -0.1) is 0 Å². The summed E-state index contributed by atoms with van der Waals surface area (Å²) in [6.07, 6.45) is 3.60. The Morgan fingerprint density at radius 1 is 0.667 bits per heavy atom. The lowest BCUT2D eigenvalue weighted by Crippen LogP contribution is -2.22. The minimum atomic E-state index is 0.617. The summed E-state index contributed by atoms with van der Waals surface area (Å²) < 4.78 is 11.0. The van der Waals surface area contributed by atoms with E-state index in [0.29, 0.717) is 26.4 Å². The summed E-state index contributed by atoms with van der Waals surface area (Å²) in [7, 11) is 0. The Balaban J connectivity index is 1.32. The first kappa shape index (κ1) is 18.5. The van der Waals surface area contributed by atoms with Crippen molar-refractivity contribution in [1.29, 1.82) is 0 Å². The smallest absolute Gasteiger partial charge is 0.0701 e. The average Bonchev–Trinajstić information content (AvgIpc) is 2.64. The summed E-state index contributed by atoms with van der Waals surface area (Å²) in [5.41, 5.74) is 2.08. The van der Waals surface area contributed by atoms with Crippen LogP contribution in [0.5, 0.6) is 0 Å². The second-order valence-corrected chi connectivity index (χ2v) is 5.22. The molecular weight excluding hydrogens is 304 g/mol. The van der Waals surface area contributed by atoms with Gasteiger partial charge in [-0.25, -0.2) is 0 Å². The zero-order chi connectivity index (χ0) is 16.7. The summed E-state index contributed by atoms with van der Waals surface area (Å²) >= 11 is 0. The maximum atomic E-state index is 5.51. The second-order valence-electron chi connectivity index (χ2n) is 5.22. The summed E-state index contributed by atoms with van der Waals surface area (Å²) in [6, 6.07) is 11.8. The Kier molecular flexibility index (Phi) is 9.66. The quantitative estimate of drug-likeness (QED) is 0.541. The third kappa shape index (κ3) is 8.69. The van der Waals surface area contributed by atoms with Crippen molar-refractivity contribution in [3.63, 3.8) is 0 Å². The molecule has 2 aromatic rings. The number of hydrogen-bond acceptors (Lipinski definition) is 6. The fourth-order valence-corrected chi connectivity index (χ4v) is 2.05. The topological polar surface area (TPSA) is 68.3 Å². The molecule has 0 unspecified atom stereocenters. The van der Waals surface area contributed by atoms with Gasteiger partial charge in [0.1, 0.15) is 0 Å². The van der Waals surface area contributed by atoms with Gasteiger partial charge in [-0.2, -0.15) is 0 Å². The molecule has 0 saturated heterocycles. The Morgan fingerprint density at radius 3 is 1.58 bits per heavy atom. The van der Waals surface area contributed by atoms with Gasteiger partial charge in [0.25, 0.3) is 0 Å². The van der Waals surface area contributed by atoms with E-state index in [1.165, 1.54) is 0 Å². The molecule has 2 N–H and O–H groups in total. The molecule has 0 aliphatic rings. The number of aromatic nitrogens is 2. The Morgan fingerprint density at radius 2 is 1.17 bits per heavy atom. The first-order chi connectivity index (χ1) is 11.9. The monoisotopic (exact) mass is 330 g/mol. The van der Waals surface area contributed by atoms with Gasteiger partial charge >= 0.3 is 0 Å². The van der Waals surface area contributed by atoms with Crippen molar-refractivity contribution in [3.05, 3.63) is 60.2 Å². The normalized spacial score (nSPS) is 10.8. The van der Waals surface area contributed by atoms with Gasteiger partial charge in [0.2, 0.25) is 0 Å². The molecule has 2 heterocycles. The fourth-order valence-electron chi connectivity index (χ4n) is 2.05. The van der Waals surface area contributed by atoms with Crippen molar-refractivity contribution in [2.24, 2.45) is 0 Å². The van der Waals surface area contributed by atoms with Gasteiger partial charge < -0.3 is 20.1 Å². The van der Waals surface area contributed by atoms with Gasteiger partial charge in [-0.05, 0) is 24.3 Å². The number of ether oxygens (including phenoxy) is 2. The van der Waals surface area contributed by atoms with Crippen LogP contribution in [-0.4, -0.2) is 49.5 Å². The molecule has 2 rings (SSSR count). The number of rotatable bonds is 13. The predicted octanol–water partition coefficient (Wildman–Crippen LogP) is 1.39. The molecule has 0 amide bonds. The maximum absolute atomic E-state index is 5.51. The van der Waals surface area contributed by atoms with E-state index in [1.54, 1.807) is 12.4 Å². The molecular formula is C18H26N4O2. The molecule has 6 heteroatoms. The van der Waals surface area contributed by atoms with Crippen LogP contribution in [0.2, 0.25) is 0 Å². The molecule has 0 atom stereocenters. The molecule has 0 aliphatic heterocycles. The van der Waals surface area contributed by atoms with Gasteiger partial charge in [0.05, 0.1) is 37.8 Å².